The normalized spacial score (nSPS) is 16.3. The smallest absolute Gasteiger partial charge is 0.251 e. The number of nitrogens with one attached hydrogen (secondary N) is 2. The summed E-state index contributed by atoms with van der Waals surface area (Å²) in [6, 6.07) is 7.57. The minimum absolute atomic E-state index is 0.0500. The van der Waals surface area contributed by atoms with Crippen molar-refractivity contribution in [1.82, 2.24) is 5.32 Å². The molecule has 1 amide bonds. The molecular formula is C14H20N2O2. The maximum Gasteiger partial charge on any atom is 0.251 e. The Morgan fingerprint density at radius 2 is 1.94 bits per heavy atom. The number of carbonyl (C=O) groups excluding carboxylic acids is 1. The summed E-state index contributed by atoms with van der Waals surface area (Å²) < 4.78 is 5.33. The second kappa shape index (κ2) is 6.40. The van der Waals surface area contributed by atoms with E-state index in [4.69, 9.17) is 4.74 Å². The zero-order valence-corrected chi connectivity index (χ0v) is 10.7. The molecule has 2 N–H and O–H groups in total. The number of benzene rings is 1. The quantitative estimate of drug-likeness (QED) is 0.855. The van der Waals surface area contributed by atoms with E-state index in [1.807, 2.05) is 24.3 Å². The number of rotatable bonds is 4. The van der Waals surface area contributed by atoms with E-state index >= 15 is 0 Å². The third-order valence-electron chi connectivity index (χ3n) is 3.31. The molecule has 1 aliphatic rings. The van der Waals surface area contributed by atoms with Crippen LogP contribution < -0.4 is 10.6 Å². The highest BCUT2D eigenvalue weighted by molar-refractivity contribution is 5.94. The largest absolute Gasteiger partial charge is 0.385 e. The fourth-order valence-electron chi connectivity index (χ4n) is 2.10. The lowest BCUT2D eigenvalue weighted by atomic mass is 10.0. The molecule has 1 aromatic rings. The Hall–Kier alpha value is -1.55. The molecule has 1 heterocycles. The van der Waals surface area contributed by atoms with Crippen LogP contribution in [-0.4, -0.2) is 32.7 Å². The van der Waals surface area contributed by atoms with E-state index in [1.165, 1.54) is 0 Å². The van der Waals surface area contributed by atoms with Crippen LogP contribution in [0.25, 0.3) is 0 Å². The average molecular weight is 248 g/mol. The highest BCUT2D eigenvalue weighted by Crippen LogP contribution is 2.16. The van der Waals surface area contributed by atoms with Crippen molar-refractivity contribution in [2.45, 2.75) is 12.8 Å². The van der Waals surface area contributed by atoms with Gasteiger partial charge in [-0.3, -0.25) is 4.79 Å². The second-order valence-electron chi connectivity index (χ2n) is 4.59. The SMILES string of the molecule is CNC(=O)c1ccc(NCC2CCOCC2)cc1. The average Bonchev–Trinajstić information content (AvgIpc) is 2.46. The molecule has 0 atom stereocenters. The highest BCUT2D eigenvalue weighted by Gasteiger charge is 2.13. The highest BCUT2D eigenvalue weighted by atomic mass is 16.5. The van der Waals surface area contributed by atoms with E-state index in [1.54, 1.807) is 7.05 Å². The van der Waals surface area contributed by atoms with E-state index < -0.39 is 0 Å². The van der Waals surface area contributed by atoms with E-state index in [9.17, 15) is 4.79 Å². The first-order chi connectivity index (χ1) is 8.79. The van der Waals surface area contributed by atoms with E-state index in [0.717, 1.165) is 38.3 Å². The third kappa shape index (κ3) is 3.47. The fraction of sp³-hybridized carbons (Fsp3) is 0.500. The van der Waals surface area contributed by atoms with Crippen LogP contribution in [0.1, 0.15) is 23.2 Å². The van der Waals surface area contributed by atoms with Crippen LogP contribution in [-0.2, 0) is 4.74 Å². The second-order valence-corrected chi connectivity index (χ2v) is 4.59. The van der Waals surface area contributed by atoms with Crippen LogP contribution in [0.5, 0.6) is 0 Å². The predicted molar refractivity (Wildman–Crippen MR) is 71.9 cm³/mol. The molecule has 0 radical (unpaired) electrons. The Balaban J connectivity index is 1.84. The van der Waals surface area contributed by atoms with Crippen LogP contribution in [0.2, 0.25) is 0 Å². The predicted octanol–water partition coefficient (Wildman–Crippen LogP) is 1.88. The monoisotopic (exact) mass is 248 g/mol. The first kappa shape index (κ1) is 12.9. The molecule has 0 spiro atoms. The van der Waals surface area contributed by atoms with Crippen molar-refractivity contribution in [3.05, 3.63) is 29.8 Å². The summed E-state index contributed by atoms with van der Waals surface area (Å²) in [5.74, 6) is 0.642. The lowest BCUT2D eigenvalue weighted by Crippen LogP contribution is -2.22. The van der Waals surface area contributed by atoms with E-state index in [-0.39, 0.29) is 5.91 Å². The molecule has 4 nitrogen and oxygen atoms in total. The molecule has 98 valence electrons. The summed E-state index contributed by atoms with van der Waals surface area (Å²) in [5.41, 5.74) is 1.75. The van der Waals surface area contributed by atoms with Gasteiger partial charge in [0.25, 0.3) is 5.91 Å². The molecule has 0 aliphatic carbocycles. The van der Waals surface area contributed by atoms with Gasteiger partial charge in [-0.2, -0.15) is 0 Å². The van der Waals surface area contributed by atoms with Crippen molar-refractivity contribution in [2.75, 3.05) is 32.1 Å². The number of ether oxygens (including phenoxy) is 1. The number of hydrogen-bond acceptors (Lipinski definition) is 3. The van der Waals surface area contributed by atoms with Gasteiger partial charge in [-0.05, 0) is 43.0 Å². The van der Waals surface area contributed by atoms with Gasteiger partial charge in [0.15, 0.2) is 0 Å². The van der Waals surface area contributed by atoms with Crippen LogP contribution in [0, 0.1) is 5.92 Å². The van der Waals surface area contributed by atoms with Gasteiger partial charge < -0.3 is 15.4 Å². The van der Waals surface area contributed by atoms with E-state index in [0.29, 0.717) is 11.5 Å². The van der Waals surface area contributed by atoms with Gasteiger partial charge in [0.2, 0.25) is 0 Å². The molecule has 1 saturated heterocycles. The summed E-state index contributed by atoms with van der Waals surface area (Å²) in [5, 5.41) is 6.02. The molecule has 4 heteroatoms. The number of anilines is 1. The Bertz CT molecular complexity index is 383. The summed E-state index contributed by atoms with van der Waals surface area (Å²) in [6.07, 6.45) is 2.26. The van der Waals surface area contributed by atoms with Crippen molar-refractivity contribution in [2.24, 2.45) is 5.92 Å². The molecular weight excluding hydrogens is 228 g/mol. The molecule has 0 saturated carbocycles. The van der Waals surface area contributed by atoms with Crippen LogP contribution >= 0.6 is 0 Å². The van der Waals surface area contributed by atoms with Gasteiger partial charge in [0.05, 0.1) is 0 Å². The molecule has 0 aromatic heterocycles. The maximum absolute atomic E-state index is 11.4. The standard InChI is InChI=1S/C14H20N2O2/c1-15-14(17)12-2-4-13(5-3-12)16-10-11-6-8-18-9-7-11/h2-5,11,16H,6-10H2,1H3,(H,15,17). The van der Waals surface area contributed by atoms with Crippen LogP contribution in [0.15, 0.2) is 24.3 Å². The molecule has 18 heavy (non-hydrogen) atoms. The molecule has 0 bridgehead atoms. The summed E-state index contributed by atoms with van der Waals surface area (Å²) in [4.78, 5) is 11.4. The van der Waals surface area contributed by atoms with Crippen molar-refractivity contribution >= 4 is 11.6 Å². The Morgan fingerprint density at radius 3 is 2.56 bits per heavy atom. The number of carbonyl (C=O) groups is 1. The van der Waals surface area contributed by atoms with Crippen molar-refractivity contribution in [1.29, 1.82) is 0 Å². The third-order valence-corrected chi connectivity index (χ3v) is 3.31. The molecule has 1 fully saturated rings. The van der Waals surface area contributed by atoms with Gasteiger partial charge in [-0.25, -0.2) is 0 Å². The van der Waals surface area contributed by atoms with Gasteiger partial charge in [-0.1, -0.05) is 0 Å². The lowest BCUT2D eigenvalue weighted by Gasteiger charge is -2.22. The van der Waals surface area contributed by atoms with Gasteiger partial charge >= 0.3 is 0 Å². The minimum atomic E-state index is -0.0500. The van der Waals surface area contributed by atoms with Gasteiger partial charge in [0, 0.05) is 38.1 Å². The lowest BCUT2D eigenvalue weighted by molar-refractivity contribution is 0.0699. The first-order valence-corrected chi connectivity index (χ1v) is 6.43. The molecule has 1 aromatic carbocycles. The summed E-state index contributed by atoms with van der Waals surface area (Å²) in [6.45, 7) is 2.73. The topological polar surface area (TPSA) is 50.4 Å². The summed E-state index contributed by atoms with van der Waals surface area (Å²) in [7, 11) is 1.64. The van der Waals surface area contributed by atoms with Crippen molar-refractivity contribution < 1.29 is 9.53 Å². The van der Waals surface area contributed by atoms with Gasteiger partial charge in [0.1, 0.15) is 0 Å². The van der Waals surface area contributed by atoms with Crippen LogP contribution in [0.3, 0.4) is 0 Å². The Kier molecular flexibility index (Phi) is 4.59. The number of hydrogen-bond donors (Lipinski definition) is 2. The van der Waals surface area contributed by atoms with Crippen molar-refractivity contribution in [3.63, 3.8) is 0 Å². The van der Waals surface area contributed by atoms with E-state index in [2.05, 4.69) is 10.6 Å². The zero-order chi connectivity index (χ0) is 12.8. The summed E-state index contributed by atoms with van der Waals surface area (Å²) >= 11 is 0. The maximum atomic E-state index is 11.4. The Labute approximate surface area is 108 Å². The molecule has 0 unspecified atom stereocenters. The van der Waals surface area contributed by atoms with Gasteiger partial charge in [-0.15, -0.1) is 0 Å². The molecule has 1 aliphatic heterocycles. The first-order valence-electron chi connectivity index (χ1n) is 6.43. The zero-order valence-electron chi connectivity index (χ0n) is 10.7. The molecule has 2 rings (SSSR count). The van der Waals surface area contributed by atoms with Crippen LogP contribution in [0.4, 0.5) is 5.69 Å². The Morgan fingerprint density at radius 1 is 1.28 bits per heavy atom. The minimum Gasteiger partial charge on any atom is -0.385 e. The van der Waals surface area contributed by atoms with Crippen molar-refractivity contribution in [3.8, 4) is 0 Å². The number of amides is 1. The fourth-order valence-corrected chi connectivity index (χ4v) is 2.10.